The summed E-state index contributed by atoms with van der Waals surface area (Å²) in [6, 6.07) is 3.97. The molecule has 4 rings (SSSR count). The fraction of sp³-hybridized carbons (Fsp3) is 0.529. The van der Waals surface area contributed by atoms with Gasteiger partial charge in [-0.15, -0.1) is 13.2 Å². The molecule has 1 atom stereocenters. The second-order valence-electron chi connectivity index (χ2n) is 7.14. The molecule has 0 aliphatic carbocycles. The highest BCUT2D eigenvalue weighted by Crippen LogP contribution is 2.32. The van der Waals surface area contributed by atoms with Crippen LogP contribution in [0.25, 0.3) is 10.9 Å². The van der Waals surface area contributed by atoms with Gasteiger partial charge in [-0.25, -0.2) is 14.7 Å². The summed E-state index contributed by atoms with van der Waals surface area (Å²) >= 11 is 0. The van der Waals surface area contributed by atoms with Crippen LogP contribution in [0.3, 0.4) is 0 Å². The Morgan fingerprint density at radius 3 is 2.79 bits per heavy atom. The molecule has 1 N–H and O–H groups in total. The average Bonchev–Trinajstić information content (AvgIpc) is 2.98. The number of piperidine rings is 1. The normalized spacial score (nSPS) is 22.9. The van der Waals surface area contributed by atoms with E-state index >= 15 is 0 Å². The maximum absolute atomic E-state index is 12.6. The third-order valence-electron chi connectivity index (χ3n) is 5.09. The van der Waals surface area contributed by atoms with Crippen molar-refractivity contribution >= 4 is 26.9 Å². The molecule has 1 aromatic heterocycles. The summed E-state index contributed by atoms with van der Waals surface area (Å²) in [5.74, 6) is 0.289. The van der Waals surface area contributed by atoms with Crippen molar-refractivity contribution in [3.63, 3.8) is 0 Å². The Labute approximate surface area is 165 Å². The van der Waals surface area contributed by atoms with Crippen molar-refractivity contribution in [2.24, 2.45) is 5.92 Å². The number of benzene rings is 1. The molecule has 0 bridgehead atoms. The largest absolute Gasteiger partial charge is 0.573 e. The zero-order valence-corrected chi connectivity index (χ0v) is 16.2. The van der Waals surface area contributed by atoms with Gasteiger partial charge in [0.25, 0.3) is 10.2 Å². The average molecular weight is 431 g/mol. The molecule has 2 fully saturated rings. The first-order valence-corrected chi connectivity index (χ1v) is 10.7. The Morgan fingerprint density at radius 1 is 1.24 bits per heavy atom. The van der Waals surface area contributed by atoms with Crippen LogP contribution in [0.4, 0.5) is 19.0 Å². The van der Waals surface area contributed by atoms with E-state index < -0.39 is 16.6 Å². The van der Waals surface area contributed by atoms with E-state index in [1.807, 2.05) is 4.90 Å². The molecule has 2 saturated heterocycles. The molecule has 3 heterocycles. The molecule has 1 unspecified atom stereocenters. The van der Waals surface area contributed by atoms with E-state index in [1.54, 1.807) is 0 Å². The molecule has 8 nitrogen and oxygen atoms in total. The lowest BCUT2D eigenvalue weighted by Crippen LogP contribution is -2.42. The van der Waals surface area contributed by atoms with Crippen molar-refractivity contribution in [3.05, 3.63) is 24.5 Å². The highest BCUT2D eigenvalue weighted by atomic mass is 32.2. The summed E-state index contributed by atoms with van der Waals surface area (Å²) in [7, 11) is -3.41. The minimum Gasteiger partial charge on any atom is -0.406 e. The van der Waals surface area contributed by atoms with Gasteiger partial charge in [-0.05, 0) is 37.0 Å². The van der Waals surface area contributed by atoms with Crippen molar-refractivity contribution in [1.82, 2.24) is 19.0 Å². The third-order valence-corrected chi connectivity index (χ3v) is 6.67. The zero-order valence-electron chi connectivity index (χ0n) is 15.4. The van der Waals surface area contributed by atoms with Crippen LogP contribution in [0, 0.1) is 5.92 Å². The summed E-state index contributed by atoms with van der Waals surface area (Å²) in [5.41, 5.74) is 0.512. The molecule has 2 aliphatic heterocycles. The van der Waals surface area contributed by atoms with E-state index in [2.05, 4.69) is 19.4 Å². The second-order valence-corrected chi connectivity index (χ2v) is 8.89. The van der Waals surface area contributed by atoms with Gasteiger partial charge in [0.2, 0.25) is 0 Å². The lowest BCUT2D eigenvalue weighted by atomic mass is 9.97. The van der Waals surface area contributed by atoms with Crippen LogP contribution < -0.4 is 14.4 Å². The van der Waals surface area contributed by atoms with Crippen molar-refractivity contribution < 1.29 is 26.3 Å². The van der Waals surface area contributed by atoms with Crippen molar-refractivity contribution in [3.8, 4) is 5.75 Å². The highest BCUT2D eigenvalue weighted by Gasteiger charge is 2.33. The van der Waals surface area contributed by atoms with Crippen molar-refractivity contribution in [2.75, 3.05) is 37.6 Å². The quantitative estimate of drug-likeness (QED) is 0.796. The molecule has 29 heavy (non-hydrogen) atoms. The number of aromatic nitrogens is 2. The number of hydrogen-bond acceptors (Lipinski definition) is 6. The summed E-state index contributed by atoms with van der Waals surface area (Å²) in [4.78, 5) is 10.4. The van der Waals surface area contributed by atoms with Gasteiger partial charge in [-0.2, -0.15) is 12.7 Å². The number of rotatable bonds is 4. The molecular weight excluding hydrogens is 411 g/mol. The number of nitrogens with zero attached hydrogens (tertiary/aromatic N) is 4. The summed E-state index contributed by atoms with van der Waals surface area (Å²) in [5, 5.41) is 0.463. The third kappa shape index (κ3) is 4.54. The van der Waals surface area contributed by atoms with Gasteiger partial charge in [0, 0.05) is 38.1 Å². The summed E-state index contributed by atoms with van der Waals surface area (Å²) in [6.45, 7) is 2.47. The van der Waals surface area contributed by atoms with Crippen LogP contribution in [0.1, 0.15) is 12.8 Å². The van der Waals surface area contributed by atoms with Gasteiger partial charge < -0.3 is 9.64 Å². The number of alkyl halides is 3. The number of anilines is 1. The lowest BCUT2D eigenvalue weighted by Gasteiger charge is -2.35. The van der Waals surface area contributed by atoms with Crippen LogP contribution in [-0.2, 0) is 10.2 Å². The van der Waals surface area contributed by atoms with E-state index in [0.717, 1.165) is 12.8 Å². The molecule has 0 spiro atoms. The molecule has 1 aromatic carbocycles. The van der Waals surface area contributed by atoms with Gasteiger partial charge in [-0.1, -0.05) is 0 Å². The molecular formula is C17H20F3N5O3S. The van der Waals surface area contributed by atoms with Crippen LogP contribution in [0.5, 0.6) is 5.75 Å². The molecule has 12 heteroatoms. The lowest BCUT2D eigenvalue weighted by molar-refractivity contribution is -0.274. The topological polar surface area (TPSA) is 87.7 Å². The molecule has 0 saturated carbocycles. The van der Waals surface area contributed by atoms with Gasteiger partial charge in [0.1, 0.15) is 17.9 Å². The minimum absolute atomic E-state index is 0.0954. The smallest absolute Gasteiger partial charge is 0.406 e. The predicted octanol–water partition coefficient (Wildman–Crippen LogP) is 1.89. The first-order chi connectivity index (χ1) is 13.7. The molecule has 158 valence electrons. The van der Waals surface area contributed by atoms with E-state index in [9.17, 15) is 21.6 Å². The second kappa shape index (κ2) is 7.58. The molecule has 2 aromatic rings. The van der Waals surface area contributed by atoms with Crippen LogP contribution in [0.15, 0.2) is 24.5 Å². The number of ether oxygens (including phenoxy) is 1. The zero-order chi connectivity index (χ0) is 20.6. The number of hydrogen-bond donors (Lipinski definition) is 1. The van der Waals surface area contributed by atoms with E-state index in [0.29, 0.717) is 49.4 Å². The summed E-state index contributed by atoms with van der Waals surface area (Å²) in [6.07, 6.45) is -1.71. The maximum Gasteiger partial charge on any atom is 0.573 e. The maximum atomic E-state index is 12.6. The molecule has 0 amide bonds. The highest BCUT2D eigenvalue weighted by molar-refractivity contribution is 7.87. The molecule has 0 radical (unpaired) electrons. The Kier molecular flexibility index (Phi) is 5.25. The Hall–Kier alpha value is -2.18. The first-order valence-electron chi connectivity index (χ1n) is 9.21. The Balaban J connectivity index is 1.57. The first kappa shape index (κ1) is 20.1. The van der Waals surface area contributed by atoms with E-state index in [-0.39, 0.29) is 11.7 Å². The number of fused-ring (bicyclic) bond motifs is 1. The van der Waals surface area contributed by atoms with Crippen molar-refractivity contribution in [2.45, 2.75) is 19.2 Å². The summed E-state index contributed by atoms with van der Waals surface area (Å²) < 4.78 is 69.7. The fourth-order valence-corrected chi connectivity index (χ4v) is 5.14. The SMILES string of the molecule is O=S1(=O)NCCN1CC1CCCN(c2ncnc3ccc(OC(F)(F)F)cc23)C1. The van der Waals surface area contributed by atoms with Gasteiger partial charge in [0.15, 0.2) is 0 Å². The van der Waals surface area contributed by atoms with Gasteiger partial charge >= 0.3 is 6.36 Å². The predicted molar refractivity (Wildman–Crippen MR) is 99.7 cm³/mol. The van der Waals surface area contributed by atoms with Crippen molar-refractivity contribution in [1.29, 1.82) is 0 Å². The molecule has 2 aliphatic rings. The van der Waals surface area contributed by atoms with Gasteiger partial charge in [0.05, 0.1) is 5.52 Å². The fourth-order valence-electron chi connectivity index (χ4n) is 3.87. The van der Waals surface area contributed by atoms with E-state index in [4.69, 9.17) is 0 Å². The van der Waals surface area contributed by atoms with Crippen LogP contribution >= 0.6 is 0 Å². The van der Waals surface area contributed by atoms with Gasteiger partial charge in [-0.3, -0.25) is 0 Å². The Morgan fingerprint density at radius 2 is 2.07 bits per heavy atom. The standard InChI is InChI=1S/C17H20F3N5O3S/c18-17(19,20)28-13-3-4-15-14(8-13)16(22-11-21-15)24-6-1-2-12(9-24)10-25-7-5-23-29(25,26)27/h3-4,8,11-12,23H,1-2,5-7,9-10H2. The van der Waals surface area contributed by atoms with Crippen LogP contribution in [-0.4, -0.2) is 61.8 Å². The number of nitrogens with one attached hydrogen (secondary N) is 1. The monoisotopic (exact) mass is 431 g/mol. The van der Waals surface area contributed by atoms with Crippen LogP contribution in [0.2, 0.25) is 0 Å². The minimum atomic E-state index is -4.78. The van der Waals surface area contributed by atoms with E-state index in [1.165, 1.54) is 28.8 Å². The Bertz CT molecular complexity index is 1000. The number of halogens is 3.